The molecule has 0 heterocycles. The average Bonchev–Trinajstić information content (AvgIpc) is 1.64. The van der Waals surface area contributed by atoms with Crippen LogP contribution in [-0.2, 0) is 18.8 Å². The highest BCUT2D eigenvalue weighted by molar-refractivity contribution is 7.81. The summed E-state index contributed by atoms with van der Waals surface area (Å²) in [6.07, 6.45) is 0. The molecule has 4 nitrogen and oxygen atoms in total. The van der Waals surface area contributed by atoms with Crippen LogP contribution in [0.2, 0.25) is 0 Å². The molecule has 0 aliphatic heterocycles. The van der Waals surface area contributed by atoms with Crippen molar-refractivity contribution >= 4 is 10.4 Å². The zero-order valence-corrected chi connectivity index (χ0v) is 5.65. The Morgan fingerprint density at radius 2 is 2.00 bits per heavy atom. The van der Waals surface area contributed by atoms with Gasteiger partial charge in [0, 0.05) is 0 Å². The number of rotatable bonds is 4. The van der Waals surface area contributed by atoms with E-state index in [1.54, 1.807) is 0 Å². The molecule has 0 atom stereocenters. The van der Waals surface area contributed by atoms with Gasteiger partial charge < -0.3 is 0 Å². The quantitative estimate of drug-likeness (QED) is 0.587. The molecule has 0 amide bonds. The minimum absolute atomic E-state index is 0.0532. The van der Waals surface area contributed by atoms with Gasteiger partial charge in [0.25, 0.3) is 0 Å². The van der Waals surface area contributed by atoms with Crippen molar-refractivity contribution in [3.63, 3.8) is 0 Å². The van der Waals surface area contributed by atoms with E-state index in [9.17, 15) is 12.8 Å². The van der Waals surface area contributed by atoms with Crippen molar-refractivity contribution in [3.05, 3.63) is 0 Å². The van der Waals surface area contributed by atoms with Crippen LogP contribution in [0.4, 0.5) is 4.39 Å². The van der Waals surface area contributed by atoms with Gasteiger partial charge in [0.2, 0.25) is 6.86 Å². The Bertz CT molecular complexity index is 139. The maximum atomic E-state index is 11.1. The molecule has 0 unspecified atom stereocenters. The van der Waals surface area contributed by atoms with Gasteiger partial charge in [-0.15, -0.1) is 0 Å². The first-order valence-electron chi connectivity index (χ1n) is 2.22. The van der Waals surface area contributed by atoms with Crippen LogP contribution in [0.5, 0.6) is 0 Å². The average molecular weight is 158 g/mol. The van der Waals surface area contributed by atoms with Crippen molar-refractivity contribution in [1.82, 2.24) is 0 Å². The predicted octanol–water partition coefficient (Wildman–Crippen LogP) is 0.211. The summed E-state index contributed by atoms with van der Waals surface area (Å²) in [6, 6.07) is 0. The molecule has 0 aliphatic carbocycles. The van der Waals surface area contributed by atoms with E-state index in [-0.39, 0.29) is 6.61 Å². The largest absolute Gasteiger partial charge is 0.402 e. The van der Waals surface area contributed by atoms with E-state index in [2.05, 4.69) is 8.37 Å². The third-order valence-corrected chi connectivity index (χ3v) is 1.35. The molecule has 0 spiro atoms. The summed E-state index contributed by atoms with van der Waals surface area (Å²) in [6.45, 7) is 0.0177. The molecule has 0 bridgehead atoms. The second-order valence-electron chi connectivity index (χ2n) is 1.04. The van der Waals surface area contributed by atoms with Gasteiger partial charge in [0.15, 0.2) is 0 Å². The topological polar surface area (TPSA) is 52.6 Å². The van der Waals surface area contributed by atoms with Gasteiger partial charge in [-0.05, 0) is 6.92 Å². The normalized spacial score (nSPS) is 11.8. The van der Waals surface area contributed by atoms with E-state index in [0.29, 0.717) is 0 Å². The van der Waals surface area contributed by atoms with Crippen molar-refractivity contribution in [2.24, 2.45) is 0 Å². The van der Waals surface area contributed by atoms with E-state index in [1.165, 1.54) is 6.92 Å². The predicted molar refractivity (Wildman–Crippen MR) is 27.6 cm³/mol. The molecule has 9 heavy (non-hydrogen) atoms. The van der Waals surface area contributed by atoms with Gasteiger partial charge >= 0.3 is 10.4 Å². The molecule has 0 rings (SSSR count). The molecule has 0 radical (unpaired) electrons. The Hall–Kier alpha value is -0.200. The summed E-state index contributed by atoms with van der Waals surface area (Å²) >= 11 is 0. The standard InChI is InChI=1S/C3H7FO4S/c1-2-7-9(5,6)8-3-4/h2-3H2,1H3. The Balaban J connectivity index is 3.73. The fourth-order valence-corrected chi connectivity index (χ4v) is 0.699. The molecule has 56 valence electrons. The van der Waals surface area contributed by atoms with E-state index in [0.717, 1.165) is 0 Å². The molecule has 0 aromatic heterocycles. The minimum atomic E-state index is -4.06. The van der Waals surface area contributed by atoms with E-state index in [1.807, 2.05) is 0 Å². The molecule has 6 heteroatoms. The number of hydrogen-bond donors (Lipinski definition) is 0. The molecule has 0 aromatic carbocycles. The Labute approximate surface area is 52.9 Å². The summed E-state index contributed by atoms with van der Waals surface area (Å²) in [5.74, 6) is 0. The summed E-state index contributed by atoms with van der Waals surface area (Å²) in [7, 11) is -4.06. The first-order valence-corrected chi connectivity index (χ1v) is 3.55. The maximum absolute atomic E-state index is 11.1. The molecule has 0 saturated heterocycles. The van der Waals surface area contributed by atoms with Crippen LogP contribution in [0.15, 0.2) is 0 Å². The zero-order valence-electron chi connectivity index (χ0n) is 4.83. The lowest BCUT2D eigenvalue weighted by atomic mass is 10.9. The van der Waals surface area contributed by atoms with Crippen LogP contribution in [-0.4, -0.2) is 21.9 Å². The van der Waals surface area contributed by atoms with Crippen LogP contribution in [0.25, 0.3) is 0 Å². The summed E-state index contributed by atoms with van der Waals surface area (Å²) in [5.41, 5.74) is 0. The second-order valence-corrected chi connectivity index (χ2v) is 2.33. The van der Waals surface area contributed by atoms with Crippen LogP contribution in [0.1, 0.15) is 6.92 Å². The molecule has 0 N–H and O–H groups in total. The summed E-state index contributed by atoms with van der Waals surface area (Å²) in [4.78, 5) is 0. The number of hydrogen-bond acceptors (Lipinski definition) is 4. The van der Waals surface area contributed by atoms with Crippen LogP contribution in [0.3, 0.4) is 0 Å². The molecule has 0 aromatic rings. The van der Waals surface area contributed by atoms with Crippen molar-refractivity contribution in [3.8, 4) is 0 Å². The highest BCUT2D eigenvalue weighted by Crippen LogP contribution is 1.93. The minimum Gasteiger partial charge on any atom is -0.248 e. The van der Waals surface area contributed by atoms with Gasteiger partial charge in [-0.2, -0.15) is 8.42 Å². The maximum Gasteiger partial charge on any atom is 0.402 e. The van der Waals surface area contributed by atoms with E-state index < -0.39 is 17.3 Å². The zero-order chi connectivity index (χ0) is 7.33. The number of alkyl halides is 1. The molecule has 0 aliphatic rings. The van der Waals surface area contributed by atoms with Gasteiger partial charge in [-0.25, -0.2) is 12.8 Å². The summed E-state index contributed by atoms with van der Waals surface area (Å²) in [5, 5.41) is 0. The van der Waals surface area contributed by atoms with Crippen molar-refractivity contribution < 1.29 is 21.2 Å². The lowest BCUT2D eigenvalue weighted by Crippen LogP contribution is -2.08. The Morgan fingerprint density at radius 1 is 1.44 bits per heavy atom. The first kappa shape index (κ1) is 8.80. The molecular weight excluding hydrogens is 151 g/mol. The first-order chi connectivity index (χ1) is 4.12. The third kappa shape index (κ3) is 4.31. The van der Waals surface area contributed by atoms with E-state index >= 15 is 0 Å². The van der Waals surface area contributed by atoms with Gasteiger partial charge in [0.05, 0.1) is 6.61 Å². The van der Waals surface area contributed by atoms with Crippen molar-refractivity contribution in [1.29, 1.82) is 0 Å². The highest BCUT2D eigenvalue weighted by atomic mass is 32.3. The fourth-order valence-electron chi connectivity index (χ4n) is 0.233. The van der Waals surface area contributed by atoms with E-state index in [4.69, 9.17) is 0 Å². The SMILES string of the molecule is CCOS(=O)(=O)OCF. The third-order valence-electron chi connectivity index (χ3n) is 0.451. The summed E-state index contributed by atoms with van der Waals surface area (Å²) < 4.78 is 39.0. The Kier molecular flexibility index (Phi) is 3.67. The fraction of sp³-hybridized carbons (Fsp3) is 1.00. The van der Waals surface area contributed by atoms with Crippen LogP contribution in [0, 0.1) is 0 Å². The molecular formula is C3H7FO4S. The second kappa shape index (κ2) is 3.76. The smallest absolute Gasteiger partial charge is 0.248 e. The molecule has 0 fully saturated rings. The van der Waals surface area contributed by atoms with Gasteiger partial charge in [-0.1, -0.05) is 0 Å². The number of halogens is 1. The van der Waals surface area contributed by atoms with Gasteiger partial charge in [-0.3, -0.25) is 0 Å². The van der Waals surface area contributed by atoms with Crippen LogP contribution < -0.4 is 0 Å². The van der Waals surface area contributed by atoms with Gasteiger partial charge in [0.1, 0.15) is 0 Å². The lowest BCUT2D eigenvalue weighted by molar-refractivity contribution is 0.155. The molecule has 0 saturated carbocycles. The van der Waals surface area contributed by atoms with Crippen molar-refractivity contribution in [2.75, 3.05) is 13.5 Å². The monoisotopic (exact) mass is 158 g/mol. The lowest BCUT2D eigenvalue weighted by Gasteiger charge is -1.97. The Morgan fingerprint density at radius 3 is 2.33 bits per heavy atom. The highest BCUT2D eigenvalue weighted by Gasteiger charge is 2.08. The van der Waals surface area contributed by atoms with Crippen molar-refractivity contribution in [2.45, 2.75) is 6.92 Å². The van der Waals surface area contributed by atoms with Crippen LogP contribution >= 0.6 is 0 Å².